The van der Waals surface area contributed by atoms with Crippen LogP contribution in [0.15, 0.2) is 6.33 Å². The topological polar surface area (TPSA) is 53.5 Å². The Morgan fingerprint density at radius 3 is 2.56 bits per heavy atom. The van der Waals surface area contributed by atoms with E-state index in [-0.39, 0.29) is 23.5 Å². The smallest absolute Gasteiger partial charge is 0.262 e. The minimum atomic E-state index is 0.0589. The Bertz CT molecular complexity index is 406. The van der Waals surface area contributed by atoms with Gasteiger partial charge in [0.05, 0.1) is 19.3 Å². The molecule has 0 aromatic carbocycles. The first kappa shape index (κ1) is 13.4. The summed E-state index contributed by atoms with van der Waals surface area (Å²) >= 11 is 5.92. The van der Waals surface area contributed by atoms with E-state index in [9.17, 15) is 0 Å². The summed E-state index contributed by atoms with van der Waals surface area (Å²) in [5, 5.41) is 0.260. The van der Waals surface area contributed by atoms with Crippen molar-refractivity contribution in [3.05, 3.63) is 11.5 Å². The van der Waals surface area contributed by atoms with Crippen molar-refractivity contribution >= 4 is 11.6 Å². The predicted molar refractivity (Wildman–Crippen MR) is 67.3 cm³/mol. The van der Waals surface area contributed by atoms with Gasteiger partial charge in [0, 0.05) is 12.8 Å². The third-order valence-electron chi connectivity index (χ3n) is 2.86. The van der Waals surface area contributed by atoms with Gasteiger partial charge in [-0.15, -0.1) is 0 Å². The van der Waals surface area contributed by atoms with Gasteiger partial charge >= 0.3 is 0 Å². The van der Waals surface area contributed by atoms with E-state index in [0.29, 0.717) is 11.6 Å². The molecule has 0 aliphatic carbocycles. The molecule has 1 saturated heterocycles. The zero-order valence-corrected chi connectivity index (χ0v) is 11.5. The molecular formula is C12H17ClN2O3. The van der Waals surface area contributed by atoms with Gasteiger partial charge < -0.3 is 14.2 Å². The van der Waals surface area contributed by atoms with Gasteiger partial charge in [0.15, 0.2) is 5.15 Å². The lowest BCUT2D eigenvalue weighted by Gasteiger charge is -2.32. The number of aromatic nitrogens is 2. The Balaban J connectivity index is 2.11. The summed E-state index contributed by atoms with van der Waals surface area (Å²) in [5.41, 5.74) is 0. The first-order valence-corrected chi connectivity index (χ1v) is 6.34. The molecule has 5 nitrogen and oxygen atoms in total. The minimum Gasteiger partial charge on any atom is -0.489 e. The van der Waals surface area contributed by atoms with Gasteiger partial charge in [-0.2, -0.15) is 4.98 Å². The molecule has 2 heterocycles. The van der Waals surface area contributed by atoms with Gasteiger partial charge in [-0.1, -0.05) is 11.6 Å². The van der Waals surface area contributed by atoms with Crippen LogP contribution in [0.1, 0.15) is 26.7 Å². The lowest BCUT2D eigenvalue weighted by atomic mass is 10.0. The molecule has 100 valence electrons. The largest absolute Gasteiger partial charge is 0.489 e. The lowest BCUT2D eigenvalue weighted by molar-refractivity contribution is -0.0733. The number of halogens is 1. The van der Waals surface area contributed by atoms with E-state index in [1.165, 1.54) is 13.4 Å². The predicted octanol–water partition coefficient (Wildman–Crippen LogP) is 2.47. The van der Waals surface area contributed by atoms with Crippen molar-refractivity contribution in [2.24, 2.45) is 0 Å². The summed E-state index contributed by atoms with van der Waals surface area (Å²) in [6, 6.07) is 0. The minimum absolute atomic E-state index is 0.0589. The van der Waals surface area contributed by atoms with E-state index < -0.39 is 0 Å². The molecule has 1 aromatic heterocycles. The molecule has 1 aliphatic heterocycles. The molecule has 2 atom stereocenters. The monoisotopic (exact) mass is 272 g/mol. The average Bonchev–Trinajstić information content (AvgIpc) is 2.27. The summed E-state index contributed by atoms with van der Waals surface area (Å²) in [6.45, 7) is 4.08. The van der Waals surface area contributed by atoms with Crippen LogP contribution in [0, 0.1) is 0 Å². The first-order valence-electron chi connectivity index (χ1n) is 5.96. The fraction of sp³-hybridized carbons (Fsp3) is 0.667. The highest BCUT2D eigenvalue weighted by atomic mass is 35.5. The molecule has 0 bridgehead atoms. The number of methoxy groups -OCH3 is 1. The molecule has 1 fully saturated rings. The summed E-state index contributed by atoms with van der Waals surface area (Å²) in [7, 11) is 1.52. The van der Waals surface area contributed by atoms with Gasteiger partial charge in [0.1, 0.15) is 12.4 Å². The molecule has 0 amide bonds. The van der Waals surface area contributed by atoms with Crippen molar-refractivity contribution in [2.45, 2.75) is 45.0 Å². The van der Waals surface area contributed by atoms with Crippen molar-refractivity contribution in [3.63, 3.8) is 0 Å². The van der Waals surface area contributed by atoms with Crippen molar-refractivity contribution in [1.82, 2.24) is 9.97 Å². The normalized spacial score (nSPS) is 27.9. The highest BCUT2D eigenvalue weighted by Gasteiger charge is 2.27. The van der Waals surface area contributed by atoms with E-state index in [2.05, 4.69) is 9.97 Å². The van der Waals surface area contributed by atoms with Gasteiger partial charge in [0.25, 0.3) is 5.88 Å². The Morgan fingerprint density at radius 1 is 1.28 bits per heavy atom. The molecular weight excluding hydrogens is 256 g/mol. The fourth-order valence-corrected chi connectivity index (χ4v) is 2.39. The SMILES string of the molecule is COc1c(Cl)ncnc1OC1CC(C)OC(C)C1. The second-order valence-corrected chi connectivity index (χ2v) is 4.83. The zero-order valence-electron chi connectivity index (χ0n) is 10.7. The molecule has 1 aliphatic rings. The van der Waals surface area contributed by atoms with E-state index in [1.54, 1.807) is 0 Å². The highest BCUT2D eigenvalue weighted by molar-refractivity contribution is 6.31. The number of ether oxygens (including phenoxy) is 3. The van der Waals surface area contributed by atoms with Crippen LogP contribution in [-0.2, 0) is 4.74 Å². The Labute approximate surface area is 111 Å². The summed E-state index contributed by atoms with van der Waals surface area (Å²) in [6.07, 6.45) is 3.45. The molecule has 0 saturated carbocycles. The standard InChI is InChI=1S/C12H17ClN2O3/c1-7-4-9(5-8(2)17-7)18-12-10(16-3)11(13)14-6-15-12/h6-9H,4-5H2,1-3H3. The molecule has 1 aromatic rings. The van der Waals surface area contributed by atoms with Crippen LogP contribution in [0.25, 0.3) is 0 Å². The van der Waals surface area contributed by atoms with Crippen molar-refractivity contribution in [2.75, 3.05) is 7.11 Å². The zero-order chi connectivity index (χ0) is 13.1. The third-order valence-corrected chi connectivity index (χ3v) is 3.13. The second kappa shape index (κ2) is 5.71. The summed E-state index contributed by atoms with van der Waals surface area (Å²) in [5.74, 6) is 0.773. The van der Waals surface area contributed by atoms with E-state index in [0.717, 1.165) is 12.8 Å². The second-order valence-electron chi connectivity index (χ2n) is 4.47. The fourth-order valence-electron chi connectivity index (χ4n) is 2.19. The number of rotatable bonds is 3. The molecule has 2 rings (SSSR count). The van der Waals surface area contributed by atoms with E-state index in [4.69, 9.17) is 25.8 Å². The van der Waals surface area contributed by atoms with Crippen LogP contribution in [0.5, 0.6) is 11.6 Å². The first-order chi connectivity index (χ1) is 8.60. The van der Waals surface area contributed by atoms with Gasteiger partial charge in [-0.25, -0.2) is 4.98 Å². The molecule has 6 heteroatoms. The molecule has 0 N–H and O–H groups in total. The van der Waals surface area contributed by atoms with Crippen LogP contribution in [0.3, 0.4) is 0 Å². The van der Waals surface area contributed by atoms with E-state index >= 15 is 0 Å². The van der Waals surface area contributed by atoms with Crippen LogP contribution in [-0.4, -0.2) is 35.4 Å². The average molecular weight is 273 g/mol. The van der Waals surface area contributed by atoms with Crippen LogP contribution < -0.4 is 9.47 Å². The number of nitrogens with zero attached hydrogens (tertiary/aromatic N) is 2. The molecule has 18 heavy (non-hydrogen) atoms. The molecule has 0 spiro atoms. The highest BCUT2D eigenvalue weighted by Crippen LogP contribution is 2.33. The lowest BCUT2D eigenvalue weighted by Crippen LogP contribution is -2.35. The Morgan fingerprint density at radius 2 is 1.94 bits per heavy atom. The van der Waals surface area contributed by atoms with Crippen LogP contribution in [0.2, 0.25) is 5.15 Å². The number of hydrogen-bond acceptors (Lipinski definition) is 5. The van der Waals surface area contributed by atoms with Crippen molar-refractivity contribution in [3.8, 4) is 11.6 Å². The quantitative estimate of drug-likeness (QED) is 0.791. The van der Waals surface area contributed by atoms with Gasteiger partial charge in [-0.3, -0.25) is 0 Å². The number of hydrogen-bond donors (Lipinski definition) is 0. The van der Waals surface area contributed by atoms with E-state index in [1.807, 2.05) is 13.8 Å². The summed E-state index contributed by atoms with van der Waals surface area (Å²) < 4.78 is 16.7. The third kappa shape index (κ3) is 3.03. The molecule has 0 radical (unpaired) electrons. The Hall–Kier alpha value is -1.07. The van der Waals surface area contributed by atoms with Crippen molar-refractivity contribution < 1.29 is 14.2 Å². The maximum absolute atomic E-state index is 5.92. The van der Waals surface area contributed by atoms with Crippen LogP contribution in [0.4, 0.5) is 0 Å². The van der Waals surface area contributed by atoms with Gasteiger partial charge in [0.2, 0.25) is 5.75 Å². The summed E-state index contributed by atoms with van der Waals surface area (Å²) in [4.78, 5) is 7.93. The van der Waals surface area contributed by atoms with Crippen molar-refractivity contribution in [1.29, 1.82) is 0 Å². The maximum atomic E-state index is 5.92. The molecule has 2 unspecified atom stereocenters. The van der Waals surface area contributed by atoms with Gasteiger partial charge in [-0.05, 0) is 13.8 Å². The Kier molecular flexibility index (Phi) is 4.24. The maximum Gasteiger partial charge on any atom is 0.262 e. The van der Waals surface area contributed by atoms with Crippen LogP contribution >= 0.6 is 11.6 Å².